The fourth-order valence-corrected chi connectivity index (χ4v) is 2.36. The molecule has 92 valence electrons. The lowest BCUT2D eigenvalue weighted by atomic mass is 9.92. The largest absolute Gasteiger partial charge is 0.341 e. The summed E-state index contributed by atoms with van der Waals surface area (Å²) in [5.41, 5.74) is 6.18. The van der Waals surface area contributed by atoms with Crippen molar-refractivity contribution in [2.45, 2.75) is 25.8 Å². The van der Waals surface area contributed by atoms with Crippen molar-refractivity contribution in [1.82, 2.24) is 4.90 Å². The van der Waals surface area contributed by atoms with Crippen LogP contribution in [-0.2, 0) is 10.3 Å². The van der Waals surface area contributed by atoms with Gasteiger partial charge in [-0.2, -0.15) is 0 Å². The average Bonchev–Trinajstić information content (AvgIpc) is 2.76. The van der Waals surface area contributed by atoms with Crippen LogP contribution in [0.4, 0.5) is 0 Å². The Balaban J connectivity index is 2.18. The number of amides is 1. The topological polar surface area (TPSA) is 46.3 Å². The fourth-order valence-electron chi connectivity index (χ4n) is 2.36. The standard InChI is InChI=1S/C14H20N2O/c1-11-8-9-16(10-11)13(17)14(2,15)12-6-4-3-5-7-12/h3-7,11H,8-10,15H2,1-2H3. The second kappa shape index (κ2) is 4.49. The summed E-state index contributed by atoms with van der Waals surface area (Å²) < 4.78 is 0. The number of hydrogen-bond acceptors (Lipinski definition) is 2. The van der Waals surface area contributed by atoms with Gasteiger partial charge in [0.15, 0.2) is 0 Å². The maximum atomic E-state index is 12.4. The van der Waals surface area contributed by atoms with E-state index in [0.717, 1.165) is 25.1 Å². The highest BCUT2D eigenvalue weighted by Crippen LogP contribution is 2.24. The Kier molecular flexibility index (Phi) is 3.20. The molecule has 0 spiro atoms. The Morgan fingerprint density at radius 1 is 1.41 bits per heavy atom. The molecule has 1 aliphatic heterocycles. The molecule has 0 saturated carbocycles. The SMILES string of the molecule is CC1CCN(C(=O)C(C)(N)c2ccccc2)C1. The first kappa shape index (κ1) is 12.1. The van der Waals surface area contributed by atoms with Gasteiger partial charge < -0.3 is 10.6 Å². The zero-order chi connectivity index (χ0) is 12.5. The maximum absolute atomic E-state index is 12.4. The third kappa shape index (κ3) is 2.34. The first-order valence-corrected chi connectivity index (χ1v) is 6.15. The molecular formula is C14H20N2O. The summed E-state index contributed by atoms with van der Waals surface area (Å²) >= 11 is 0. The van der Waals surface area contributed by atoms with Crippen LogP contribution >= 0.6 is 0 Å². The van der Waals surface area contributed by atoms with Crippen molar-refractivity contribution in [3.05, 3.63) is 35.9 Å². The number of benzene rings is 1. The van der Waals surface area contributed by atoms with Crippen LogP contribution in [0.25, 0.3) is 0 Å². The van der Waals surface area contributed by atoms with E-state index in [0.29, 0.717) is 5.92 Å². The van der Waals surface area contributed by atoms with Crippen molar-refractivity contribution in [2.24, 2.45) is 11.7 Å². The molecule has 3 heteroatoms. The Labute approximate surface area is 103 Å². The monoisotopic (exact) mass is 232 g/mol. The molecule has 2 rings (SSSR count). The number of hydrogen-bond donors (Lipinski definition) is 1. The molecule has 1 saturated heterocycles. The second-order valence-electron chi connectivity index (χ2n) is 5.21. The highest BCUT2D eigenvalue weighted by atomic mass is 16.2. The lowest BCUT2D eigenvalue weighted by Gasteiger charge is -2.29. The minimum Gasteiger partial charge on any atom is -0.341 e. The summed E-state index contributed by atoms with van der Waals surface area (Å²) in [6.07, 6.45) is 1.08. The fraction of sp³-hybridized carbons (Fsp3) is 0.500. The van der Waals surface area contributed by atoms with Gasteiger partial charge in [-0.15, -0.1) is 0 Å². The summed E-state index contributed by atoms with van der Waals surface area (Å²) in [4.78, 5) is 14.3. The maximum Gasteiger partial charge on any atom is 0.246 e. The molecule has 0 aromatic heterocycles. The van der Waals surface area contributed by atoms with E-state index in [1.54, 1.807) is 6.92 Å². The lowest BCUT2D eigenvalue weighted by molar-refractivity contribution is -0.135. The second-order valence-corrected chi connectivity index (χ2v) is 5.21. The predicted molar refractivity (Wildman–Crippen MR) is 68.3 cm³/mol. The molecule has 2 N–H and O–H groups in total. The van der Waals surface area contributed by atoms with Gasteiger partial charge in [-0.25, -0.2) is 0 Å². The van der Waals surface area contributed by atoms with Crippen LogP contribution < -0.4 is 5.73 Å². The summed E-state index contributed by atoms with van der Waals surface area (Å²) in [6.45, 7) is 5.63. The molecular weight excluding hydrogens is 212 g/mol. The normalized spacial score (nSPS) is 23.5. The molecule has 2 unspecified atom stereocenters. The van der Waals surface area contributed by atoms with Gasteiger partial charge in [0.2, 0.25) is 5.91 Å². The van der Waals surface area contributed by atoms with E-state index < -0.39 is 5.54 Å². The third-order valence-corrected chi connectivity index (χ3v) is 3.53. The van der Waals surface area contributed by atoms with E-state index in [1.165, 1.54) is 0 Å². The van der Waals surface area contributed by atoms with E-state index in [4.69, 9.17) is 5.73 Å². The van der Waals surface area contributed by atoms with Crippen LogP contribution in [0.2, 0.25) is 0 Å². The van der Waals surface area contributed by atoms with Crippen LogP contribution in [0, 0.1) is 5.92 Å². The van der Waals surface area contributed by atoms with Gasteiger partial charge >= 0.3 is 0 Å². The number of carbonyl (C=O) groups is 1. The van der Waals surface area contributed by atoms with Crippen LogP contribution in [0.3, 0.4) is 0 Å². The first-order chi connectivity index (χ1) is 8.01. The molecule has 0 aliphatic carbocycles. The van der Waals surface area contributed by atoms with Gasteiger partial charge in [-0.3, -0.25) is 4.79 Å². The summed E-state index contributed by atoms with van der Waals surface area (Å²) in [6, 6.07) is 9.59. The zero-order valence-electron chi connectivity index (χ0n) is 10.5. The number of nitrogens with zero attached hydrogens (tertiary/aromatic N) is 1. The number of likely N-dealkylation sites (tertiary alicyclic amines) is 1. The average molecular weight is 232 g/mol. The molecule has 0 bridgehead atoms. The molecule has 3 nitrogen and oxygen atoms in total. The molecule has 1 aromatic rings. The van der Waals surface area contributed by atoms with Crippen LogP contribution in [0.15, 0.2) is 30.3 Å². The predicted octanol–water partition coefficient (Wildman–Crippen LogP) is 1.73. The van der Waals surface area contributed by atoms with E-state index in [9.17, 15) is 4.79 Å². The lowest BCUT2D eigenvalue weighted by Crippen LogP contribution is -2.50. The molecule has 0 radical (unpaired) electrons. The summed E-state index contributed by atoms with van der Waals surface area (Å²) in [5, 5.41) is 0. The minimum atomic E-state index is -0.911. The van der Waals surface area contributed by atoms with Crippen molar-refractivity contribution in [3.8, 4) is 0 Å². The van der Waals surface area contributed by atoms with E-state index in [2.05, 4.69) is 6.92 Å². The van der Waals surface area contributed by atoms with E-state index >= 15 is 0 Å². The zero-order valence-corrected chi connectivity index (χ0v) is 10.5. The van der Waals surface area contributed by atoms with Gasteiger partial charge in [-0.05, 0) is 24.8 Å². The van der Waals surface area contributed by atoms with Crippen molar-refractivity contribution in [3.63, 3.8) is 0 Å². The van der Waals surface area contributed by atoms with Crippen molar-refractivity contribution >= 4 is 5.91 Å². The van der Waals surface area contributed by atoms with Crippen molar-refractivity contribution in [1.29, 1.82) is 0 Å². The van der Waals surface area contributed by atoms with Gasteiger partial charge in [0.25, 0.3) is 0 Å². The molecule has 1 heterocycles. The van der Waals surface area contributed by atoms with Gasteiger partial charge in [0.05, 0.1) is 0 Å². The highest BCUT2D eigenvalue weighted by Gasteiger charge is 2.36. The number of nitrogens with two attached hydrogens (primary N) is 1. The molecule has 2 atom stereocenters. The number of carbonyl (C=O) groups excluding carboxylic acids is 1. The third-order valence-electron chi connectivity index (χ3n) is 3.53. The van der Waals surface area contributed by atoms with Gasteiger partial charge in [0, 0.05) is 13.1 Å². The quantitative estimate of drug-likeness (QED) is 0.844. The Bertz CT molecular complexity index is 400. The molecule has 1 aliphatic rings. The van der Waals surface area contributed by atoms with E-state index in [-0.39, 0.29) is 5.91 Å². The van der Waals surface area contributed by atoms with E-state index in [1.807, 2.05) is 35.2 Å². The Morgan fingerprint density at radius 2 is 2.06 bits per heavy atom. The smallest absolute Gasteiger partial charge is 0.246 e. The van der Waals surface area contributed by atoms with Gasteiger partial charge in [-0.1, -0.05) is 37.3 Å². The molecule has 17 heavy (non-hydrogen) atoms. The van der Waals surface area contributed by atoms with Gasteiger partial charge in [0.1, 0.15) is 5.54 Å². The number of rotatable bonds is 2. The first-order valence-electron chi connectivity index (χ1n) is 6.15. The minimum absolute atomic E-state index is 0.0352. The van der Waals surface area contributed by atoms with Crippen LogP contribution in [0.5, 0.6) is 0 Å². The molecule has 1 aromatic carbocycles. The van der Waals surface area contributed by atoms with Crippen LogP contribution in [-0.4, -0.2) is 23.9 Å². The summed E-state index contributed by atoms with van der Waals surface area (Å²) in [7, 11) is 0. The highest BCUT2D eigenvalue weighted by molar-refractivity contribution is 5.87. The molecule has 1 amide bonds. The Morgan fingerprint density at radius 3 is 2.59 bits per heavy atom. The van der Waals surface area contributed by atoms with Crippen LogP contribution in [0.1, 0.15) is 25.8 Å². The molecule has 1 fully saturated rings. The Hall–Kier alpha value is -1.35. The van der Waals surface area contributed by atoms with Crippen molar-refractivity contribution < 1.29 is 4.79 Å². The summed E-state index contributed by atoms with van der Waals surface area (Å²) in [5.74, 6) is 0.624. The van der Waals surface area contributed by atoms with Crippen molar-refractivity contribution in [2.75, 3.05) is 13.1 Å².